The molecule has 1 fully saturated rings. The monoisotopic (exact) mass is 656 g/mol. The molecule has 1 aliphatic rings. The van der Waals surface area contributed by atoms with Gasteiger partial charge in [0.05, 0.1) is 23.5 Å². The van der Waals surface area contributed by atoms with Crippen molar-refractivity contribution in [3.8, 4) is 17.4 Å². The Balaban J connectivity index is 1.32. The zero-order valence-electron chi connectivity index (χ0n) is 27.4. The van der Waals surface area contributed by atoms with Gasteiger partial charge in [-0.05, 0) is 62.1 Å². The summed E-state index contributed by atoms with van der Waals surface area (Å²) >= 11 is 0. The van der Waals surface area contributed by atoms with Crippen LogP contribution in [0.1, 0.15) is 49.8 Å². The summed E-state index contributed by atoms with van der Waals surface area (Å²) in [4.78, 5) is 32.0. The maximum Gasteiger partial charge on any atom is 0.410 e. The molecule has 6 rings (SSSR count). The molecule has 48 heavy (non-hydrogen) atoms. The van der Waals surface area contributed by atoms with Crippen LogP contribution < -0.4 is 15.2 Å². The quantitative estimate of drug-likeness (QED) is 0.175. The number of imidazole rings is 1. The molecular weight excluding hydrogens is 618 g/mol. The largest absolute Gasteiger partial charge is 0.473 e. The first-order chi connectivity index (χ1) is 22.9. The van der Waals surface area contributed by atoms with E-state index < -0.39 is 35.8 Å². The third kappa shape index (κ3) is 7.05. The van der Waals surface area contributed by atoms with Crippen LogP contribution in [0.2, 0.25) is 0 Å². The SMILES string of the molecule is Cn1c(=O)n(-c2ccc(OCc3ccccc3)nc2OCc2ccccc2)c2ccc([C@H]3CCN(C(=O)OC(C)(C)C)CC3(F)F)cc21. The number of carbonyl (C=O) groups is 1. The smallest absolute Gasteiger partial charge is 0.410 e. The minimum atomic E-state index is -3.21. The van der Waals surface area contributed by atoms with E-state index in [1.54, 1.807) is 58.2 Å². The van der Waals surface area contributed by atoms with Gasteiger partial charge in [-0.1, -0.05) is 66.7 Å². The second kappa shape index (κ2) is 13.1. The fourth-order valence-electron chi connectivity index (χ4n) is 5.87. The standard InChI is InChI=1S/C37H38F2N4O5/c1-36(2,3)48-35(45)42-20-19-28(37(38,39)24-42)27-15-16-29-31(21-27)41(4)34(44)43(29)30-17-18-32(46-22-25-11-7-5-8-12-25)40-33(30)47-23-26-13-9-6-10-14-26/h5-18,21,28H,19-20,22-24H2,1-4H3/t28-/m1/s1. The highest BCUT2D eigenvalue weighted by molar-refractivity contribution is 5.80. The zero-order valence-corrected chi connectivity index (χ0v) is 27.4. The Kier molecular flexibility index (Phi) is 8.96. The molecule has 3 heterocycles. The van der Waals surface area contributed by atoms with Gasteiger partial charge in [-0.15, -0.1) is 0 Å². The number of hydrogen-bond acceptors (Lipinski definition) is 6. The molecule has 0 radical (unpaired) electrons. The first-order valence-corrected chi connectivity index (χ1v) is 15.8. The number of hydrogen-bond donors (Lipinski definition) is 0. The number of piperidine rings is 1. The minimum Gasteiger partial charge on any atom is -0.473 e. The number of fused-ring (bicyclic) bond motifs is 1. The van der Waals surface area contributed by atoms with E-state index in [-0.39, 0.29) is 25.5 Å². The number of carbonyl (C=O) groups excluding carboxylic acids is 1. The Morgan fingerprint density at radius 3 is 2.17 bits per heavy atom. The molecule has 0 aliphatic carbocycles. The molecule has 0 saturated carbocycles. The molecule has 1 atom stereocenters. The van der Waals surface area contributed by atoms with E-state index in [0.29, 0.717) is 34.8 Å². The van der Waals surface area contributed by atoms with E-state index in [4.69, 9.17) is 14.2 Å². The second-order valence-corrected chi connectivity index (χ2v) is 13.0. The van der Waals surface area contributed by atoms with Gasteiger partial charge in [0.25, 0.3) is 5.92 Å². The summed E-state index contributed by atoms with van der Waals surface area (Å²) < 4.78 is 51.5. The molecule has 11 heteroatoms. The molecule has 5 aromatic rings. The Bertz CT molecular complexity index is 1970. The molecule has 1 aliphatic heterocycles. The maximum atomic E-state index is 15.6. The van der Waals surface area contributed by atoms with Crippen molar-refractivity contribution in [1.82, 2.24) is 19.0 Å². The Morgan fingerprint density at radius 2 is 1.54 bits per heavy atom. The summed E-state index contributed by atoms with van der Waals surface area (Å²) in [6.45, 7) is 4.96. The lowest BCUT2D eigenvalue weighted by atomic mass is 9.86. The summed E-state index contributed by atoms with van der Waals surface area (Å²) in [7, 11) is 1.60. The van der Waals surface area contributed by atoms with Crippen molar-refractivity contribution in [3.05, 3.63) is 118 Å². The lowest BCUT2D eigenvalue weighted by molar-refractivity contribution is -0.0848. The summed E-state index contributed by atoms with van der Waals surface area (Å²) in [5, 5.41) is 0. The molecule has 250 valence electrons. The van der Waals surface area contributed by atoms with Crippen molar-refractivity contribution < 1.29 is 27.8 Å². The van der Waals surface area contributed by atoms with Crippen LogP contribution in [0, 0.1) is 0 Å². The Morgan fingerprint density at radius 1 is 0.896 bits per heavy atom. The molecule has 0 bridgehead atoms. The fraction of sp³-hybridized carbons (Fsp3) is 0.324. The summed E-state index contributed by atoms with van der Waals surface area (Å²) in [6, 6.07) is 27.6. The normalized spacial score (nSPS) is 16.1. The average molecular weight is 657 g/mol. The van der Waals surface area contributed by atoms with Crippen LogP contribution in [-0.4, -0.2) is 49.7 Å². The topological polar surface area (TPSA) is 87.8 Å². The van der Waals surface area contributed by atoms with Crippen molar-refractivity contribution in [3.63, 3.8) is 0 Å². The number of aromatic nitrogens is 3. The summed E-state index contributed by atoms with van der Waals surface area (Å²) in [5.41, 5.74) is 2.45. The van der Waals surface area contributed by atoms with E-state index in [1.807, 2.05) is 60.7 Å². The van der Waals surface area contributed by atoms with Crippen LogP contribution >= 0.6 is 0 Å². The number of ether oxygens (including phenoxy) is 3. The van der Waals surface area contributed by atoms with Gasteiger partial charge < -0.3 is 19.1 Å². The molecular formula is C37H38F2N4O5. The summed E-state index contributed by atoms with van der Waals surface area (Å²) in [6.07, 6.45) is -0.718. The number of alkyl halides is 2. The van der Waals surface area contributed by atoms with Gasteiger partial charge in [0.1, 0.15) is 24.5 Å². The van der Waals surface area contributed by atoms with Gasteiger partial charge in [-0.2, -0.15) is 4.98 Å². The number of nitrogens with zero attached hydrogens (tertiary/aromatic N) is 4. The van der Waals surface area contributed by atoms with Crippen LogP contribution in [0.3, 0.4) is 0 Å². The van der Waals surface area contributed by atoms with E-state index in [2.05, 4.69) is 4.98 Å². The van der Waals surface area contributed by atoms with Crippen LogP contribution in [0.4, 0.5) is 13.6 Å². The molecule has 9 nitrogen and oxygen atoms in total. The van der Waals surface area contributed by atoms with E-state index in [9.17, 15) is 9.59 Å². The van der Waals surface area contributed by atoms with Crippen LogP contribution in [0.25, 0.3) is 16.7 Å². The van der Waals surface area contributed by atoms with Crippen LogP contribution in [-0.2, 0) is 25.0 Å². The highest BCUT2D eigenvalue weighted by Gasteiger charge is 2.47. The Labute approximate surface area is 277 Å². The average Bonchev–Trinajstić information content (AvgIpc) is 3.30. The number of amides is 1. The molecule has 0 N–H and O–H groups in total. The maximum absolute atomic E-state index is 15.6. The lowest BCUT2D eigenvalue weighted by Gasteiger charge is -2.39. The summed E-state index contributed by atoms with van der Waals surface area (Å²) in [5.74, 6) is -3.85. The number of likely N-dealkylation sites (tertiary alicyclic amines) is 1. The number of pyridine rings is 1. The van der Waals surface area contributed by atoms with Crippen LogP contribution in [0.5, 0.6) is 11.8 Å². The molecule has 0 spiro atoms. The number of rotatable bonds is 8. The van der Waals surface area contributed by atoms with E-state index in [0.717, 1.165) is 16.0 Å². The minimum absolute atomic E-state index is 0.0399. The zero-order chi connectivity index (χ0) is 34.1. The third-order valence-corrected chi connectivity index (χ3v) is 8.24. The molecule has 1 amide bonds. The van der Waals surface area contributed by atoms with Gasteiger partial charge in [0.2, 0.25) is 11.8 Å². The number of aryl methyl sites for hydroxylation is 1. The van der Waals surface area contributed by atoms with Crippen molar-refractivity contribution in [2.45, 2.75) is 57.8 Å². The first-order valence-electron chi connectivity index (χ1n) is 15.8. The van der Waals surface area contributed by atoms with E-state index >= 15 is 8.78 Å². The van der Waals surface area contributed by atoms with Gasteiger partial charge in [-0.3, -0.25) is 9.13 Å². The predicted molar refractivity (Wildman–Crippen MR) is 178 cm³/mol. The highest BCUT2D eigenvalue weighted by Crippen LogP contribution is 2.41. The molecule has 2 aromatic heterocycles. The van der Waals surface area contributed by atoms with Crippen LogP contribution in [0.15, 0.2) is 95.8 Å². The van der Waals surface area contributed by atoms with Crippen molar-refractivity contribution in [2.24, 2.45) is 7.05 Å². The Hall–Kier alpha value is -5.19. The van der Waals surface area contributed by atoms with Gasteiger partial charge in [-0.25, -0.2) is 18.4 Å². The van der Waals surface area contributed by atoms with Gasteiger partial charge >= 0.3 is 11.8 Å². The predicted octanol–water partition coefficient (Wildman–Crippen LogP) is 7.24. The molecule has 1 saturated heterocycles. The van der Waals surface area contributed by atoms with Crippen molar-refractivity contribution in [2.75, 3.05) is 13.1 Å². The van der Waals surface area contributed by atoms with Gasteiger partial charge in [0.15, 0.2) is 0 Å². The number of benzene rings is 3. The van der Waals surface area contributed by atoms with E-state index in [1.165, 1.54) is 9.13 Å². The van der Waals surface area contributed by atoms with Crippen molar-refractivity contribution >= 4 is 17.1 Å². The number of halogens is 2. The molecule has 0 unspecified atom stereocenters. The fourth-order valence-corrected chi connectivity index (χ4v) is 5.87. The molecule has 3 aromatic carbocycles. The lowest BCUT2D eigenvalue weighted by Crippen LogP contribution is -2.50. The van der Waals surface area contributed by atoms with Gasteiger partial charge in [0, 0.05) is 19.7 Å². The highest BCUT2D eigenvalue weighted by atomic mass is 19.3. The first kappa shape index (κ1) is 32.7. The van der Waals surface area contributed by atoms with Crippen molar-refractivity contribution in [1.29, 1.82) is 0 Å². The third-order valence-electron chi connectivity index (χ3n) is 8.24. The second-order valence-electron chi connectivity index (χ2n) is 13.0.